The Morgan fingerprint density at radius 1 is 0.592 bits per heavy atom. The van der Waals surface area contributed by atoms with Crippen molar-refractivity contribution in [2.45, 2.75) is 16.7 Å². The van der Waals surface area contributed by atoms with Gasteiger partial charge in [-0.2, -0.15) is 0 Å². The lowest BCUT2D eigenvalue weighted by Crippen LogP contribution is -2.47. The molecule has 6 aromatic carbocycles. The molecule has 1 atom stereocenters. The summed E-state index contributed by atoms with van der Waals surface area (Å²) in [6.07, 6.45) is -0.639. The Balaban J connectivity index is 1.18. The molecule has 0 bridgehead atoms. The van der Waals surface area contributed by atoms with Crippen molar-refractivity contribution in [3.05, 3.63) is 198 Å². The molecular weight excluding hydrogens is 625 g/mol. The third-order valence-corrected chi connectivity index (χ3v) is 10.6. The summed E-state index contributed by atoms with van der Waals surface area (Å²) < 4.78 is 5.25. The highest BCUT2D eigenvalue weighted by molar-refractivity contribution is 8.00. The summed E-state index contributed by atoms with van der Waals surface area (Å²) in [4.78, 5) is 27.6. The summed E-state index contributed by atoms with van der Waals surface area (Å²) in [5.74, 6) is -0.150. The number of fused-ring (bicyclic) bond motifs is 3. The minimum absolute atomic E-state index is 0.0917. The van der Waals surface area contributed by atoms with E-state index in [4.69, 9.17) is 4.74 Å². The first kappa shape index (κ1) is 32.0. The van der Waals surface area contributed by atoms with E-state index in [1.807, 2.05) is 109 Å². The quantitative estimate of drug-likeness (QED) is 0.136. The van der Waals surface area contributed by atoms with Crippen LogP contribution >= 0.6 is 11.8 Å². The Kier molecular flexibility index (Phi) is 9.57. The maximum absolute atomic E-state index is 14.0. The second kappa shape index (κ2) is 14.7. The van der Waals surface area contributed by atoms with Crippen LogP contribution in [0, 0.1) is 0 Å². The fourth-order valence-electron chi connectivity index (χ4n) is 6.69. The monoisotopic (exact) mass is 660 g/mol. The van der Waals surface area contributed by atoms with Crippen molar-refractivity contribution in [1.29, 1.82) is 0 Å². The Morgan fingerprint density at radius 2 is 1.02 bits per heavy atom. The maximum Gasteiger partial charge on any atom is 0.407 e. The number of benzene rings is 6. The summed E-state index contributed by atoms with van der Waals surface area (Å²) in [5.41, 5.74) is 8.43. The fraction of sp³-hybridized carbons (Fsp3) is 0.116. The molecule has 5 nitrogen and oxygen atoms in total. The van der Waals surface area contributed by atoms with Gasteiger partial charge in [-0.3, -0.25) is 4.79 Å². The molecule has 2 amide bonds. The molecule has 49 heavy (non-hydrogen) atoms. The van der Waals surface area contributed by atoms with Crippen LogP contribution in [0.25, 0.3) is 11.1 Å². The van der Waals surface area contributed by atoms with Crippen molar-refractivity contribution in [3.63, 3.8) is 0 Å². The van der Waals surface area contributed by atoms with Crippen molar-refractivity contribution < 1.29 is 14.3 Å². The Hall–Kier alpha value is -5.59. The van der Waals surface area contributed by atoms with E-state index >= 15 is 0 Å². The van der Waals surface area contributed by atoms with E-state index in [1.54, 1.807) is 11.8 Å². The number of ether oxygens (including phenoxy) is 1. The molecule has 7 rings (SSSR count). The van der Waals surface area contributed by atoms with Gasteiger partial charge in [0.2, 0.25) is 5.91 Å². The zero-order valence-corrected chi connectivity index (χ0v) is 27.7. The normalized spacial score (nSPS) is 12.7. The minimum atomic E-state index is -0.906. The van der Waals surface area contributed by atoms with E-state index in [1.165, 1.54) is 0 Å². The van der Waals surface area contributed by atoms with Crippen LogP contribution in [0.2, 0.25) is 0 Å². The van der Waals surface area contributed by atoms with Gasteiger partial charge in [0, 0.05) is 17.4 Å². The van der Waals surface area contributed by atoms with Gasteiger partial charge in [-0.1, -0.05) is 158 Å². The lowest BCUT2D eigenvalue weighted by Gasteiger charge is -2.36. The van der Waals surface area contributed by atoms with E-state index in [2.05, 4.69) is 71.3 Å². The lowest BCUT2D eigenvalue weighted by atomic mass is 9.84. The number of hydrogen-bond donors (Lipinski definition) is 2. The number of carbonyl (C=O) groups is 2. The number of amides is 2. The van der Waals surface area contributed by atoms with Crippen molar-refractivity contribution in [2.75, 3.05) is 17.7 Å². The topological polar surface area (TPSA) is 67.4 Å². The fourth-order valence-corrected chi connectivity index (χ4v) is 8.25. The molecule has 0 aromatic heterocycles. The largest absolute Gasteiger partial charge is 0.449 e. The first-order valence-electron chi connectivity index (χ1n) is 16.4. The molecule has 0 unspecified atom stereocenters. The number of hydrogen-bond acceptors (Lipinski definition) is 4. The number of nitrogens with one attached hydrogen (secondary N) is 2. The minimum Gasteiger partial charge on any atom is -0.449 e. The van der Waals surface area contributed by atoms with Crippen LogP contribution in [-0.4, -0.2) is 30.4 Å². The zero-order valence-electron chi connectivity index (χ0n) is 26.9. The lowest BCUT2D eigenvalue weighted by molar-refractivity contribution is -0.117. The van der Waals surface area contributed by atoms with E-state index in [0.29, 0.717) is 5.69 Å². The molecule has 0 fully saturated rings. The Labute approximate surface area is 291 Å². The number of thioether (sulfide) groups is 1. The van der Waals surface area contributed by atoms with Gasteiger partial charge in [0.1, 0.15) is 12.6 Å². The number of para-hydroxylation sites is 1. The first-order valence-corrected chi connectivity index (χ1v) is 17.4. The van der Waals surface area contributed by atoms with Crippen LogP contribution in [0.4, 0.5) is 10.5 Å². The second-order valence-electron chi connectivity index (χ2n) is 12.0. The predicted molar refractivity (Wildman–Crippen MR) is 199 cm³/mol. The molecule has 0 aliphatic heterocycles. The molecular formula is C43H36N2O3S. The highest BCUT2D eigenvalue weighted by Crippen LogP contribution is 2.49. The summed E-state index contributed by atoms with van der Waals surface area (Å²) in [6.45, 7) is 0.155. The van der Waals surface area contributed by atoms with Gasteiger partial charge in [0.05, 0.1) is 4.75 Å². The first-order chi connectivity index (χ1) is 24.1. The Bertz CT molecular complexity index is 1880. The molecule has 0 saturated carbocycles. The van der Waals surface area contributed by atoms with E-state index in [0.717, 1.165) is 38.9 Å². The van der Waals surface area contributed by atoms with Crippen LogP contribution in [0.1, 0.15) is 33.7 Å². The molecule has 1 aliphatic rings. The van der Waals surface area contributed by atoms with Gasteiger partial charge in [-0.15, -0.1) is 11.8 Å². The number of alkyl carbamates (subject to hydrolysis) is 1. The molecule has 242 valence electrons. The van der Waals surface area contributed by atoms with E-state index < -0.39 is 16.9 Å². The van der Waals surface area contributed by atoms with Crippen LogP contribution in [0.5, 0.6) is 0 Å². The van der Waals surface area contributed by atoms with Gasteiger partial charge < -0.3 is 15.4 Å². The average molecular weight is 661 g/mol. The third kappa shape index (κ3) is 6.73. The molecule has 6 aromatic rings. The predicted octanol–water partition coefficient (Wildman–Crippen LogP) is 9.26. The van der Waals surface area contributed by atoms with E-state index in [-0.39, 0.29) is 24.2 Å². The molecule has 0 saturated heterocycles. The smallest absolute Gasteiger partial charge is 0.407 e. The van der Waals surface area contributed by atoms with Crippen molar-refractivity contribution in [3.8, 4) is 11.1 Å². The highest BCUT2D eigenvalue weighted by Gasteiger charge is 2.39. The van der Waals surface area contributed by atoms with Crippen molar-refractivity contribution in [1.82, 2.24) is 5.32 Å². The molecule has 0 spiro atoms. The zero-order chi connectivity index (χ0) is 33.5. The van der Waals surface area contributed by atoms with Gasteiger partial charge in [-0.05, 0) is 51.1 Å². The van der Waals surface area contributed by atoms with Crippen LogP contribution in [0.15, 0.2) is 170 Å². The molecule has 0 heterocycles. The summed E-state index contributed by atoms with van der Waals surface area (Å²) in [6, 6.07) is 55.7. The third-order valence-electron chi connectivity index (χ3n) is 9.00. The number of rotatable bonds is 11. The van der Waals surface area contributed by atoms with Crippen LogP contribution in [-0.2, 0) is 14.3 Å². The van der Waals surface area contributed by atoms with Crippen LogP contribution < -0.4 is 10.6 Å². The summed E-state index contributed by atoms with van der Waals surface area (Å²) in [7, 11) is 0. The van der Waals surface area contributed by atoms with Gasteiger partial charge in [0.15, 0.2) is 0 Å². The Morgan fingerprint density at radius 3 is 1.51 bits per heavy atom. The van der Waals surface area contributed by atoms with Crippen molar-refractivity contribution in [2.24, 2.45) is 0 Å². The number of anilines is 1. The standard InChI is InChI=1S/C43H36N2O3S/c46-41(44-34-23-11-4-12-24-34)40(45-42(47)48-29-39-37-27-15-13-25-35(37)36-26-14-16-28-38(36)39)30-49-43(31-17-5-1-6-18-31,32-19-7-2-8-20-32)33-21-9-3-10-22-33/h1-28,39-40H,29-30H2,(H,44,46)(H,45,47)/t40-/m0/s1. The summed E-state index contributed by atoms with van der Waals surface area (Å²) >= 11 is 1.61. The van der Waals surface area contributed by atoms with Gasteiger partial charge in [0.25, 0.3) is 0 Å². The highest BCUT2D eigenvalue weighted by atomic mass is 32.2. The molecule has 6 heteroatoms. The molecule has 2 N–H and O–H groups in total. The number of carbonyl (C=O) groups excluding carboxylic acids is 2. The van der Waals surface area contributed by atoms with Gasteiger partial charge >= 0.3 is 6.09 Å². The summed E-state index contributed by atoms with van der Waals surface area (Å²) in [5, 5.41) is 5.95. The second-order valence-corrected chi connectivity index (χ2v) is 13.2. The van der Waals surface area contributed by atoms with Crippen molar-refractivity contribution >= 4 is 29.4 Å². The average Bonchev–Trinajstić information content (AvgIpc) is 3.49. The van der Waals surface area contributed by atoms with E-state index in [9.17, 15) is 9.59 Å². The van der Waals surface area contributed by atoms with Gasteiger partial charge in [-0.25, -0.2) is 4.79 Å². The van der Waals surface area contributed by atoms with Crippen LogP contribution in [0.3, 0.4) is 0 Å². The SMILES string of the molecule is O=C(N[C@@H](CSC(c1ccccc1)(c1ccccc1)c1ccccc1)C(=O)Nc1ccccc1)OCC1c2ccccc2-c2ccccc21. The maximum atomic E-state index is 14.0. The molecule has 0 radical (unpaired) electrons. The molecule has 1 aliphatic carbocycles.